The van der Waals surface area contributed by atoms with Crippen molar-refractivity contribution < 1.29 is 0 Å². The first-order chi connectivity index (χ1) is 7.83. The van der Waals surface area contributed by atoms with Gasteiger partial charge in [0.2, 0.25) is 0 Å². The van der Waals surface area contributed by atoms with Crippen LogP contribution in [0.15, 0.2) is 24.4 Å². The van der Waals surface area contributed by atoms with Crippen molar-refractivity contribution in [2.45, 2.75) is 12.8 Å². The summed E-state index contributed by atoms with van der Waals surface area (Å²) in [6, 6.07) is 6.60. The first-order valence-electron chi connectivity index (χ1n) is 5.81. The van der Waals surface area contributed by atoms with Crippen molar-refractivity contribution in [1.29, 1.82) is 0 Å². The van der Waals surface area contributed by atoms with Crippen molar-refractivity contribution in [2.24, 2.45) is 0 Å². The summed E-state index contributed by atoms with van der Waals surface area (Å²) >= 11 is 2.38. The van der Waals surface area contributed by atoms with Crippen LogP contribution < -0.4 is 0 Å². The number of nitrogens with one attached hydrogen (secondary N) is 1. The molecule has 0 spiro atoms. The summed E-state index contributed by atoms with van der Waals surface area (Å²) < 4.78 is 1.31. The van der Waals surface area contributed by atoms with Crippen LogP contribution in [0.3, 0.4) is 0 Å². The van der Waals surface area contributed by atoms with Gasteiger partial charge in [0.1, 0.15) is 0 Å². The van der Waals surface area contributed by atoms with Gasteiger partial charge < -0.3 is 9.88 Å². The largest absolute Gasteiger partial charge is 0.361 e. The molecule has 1 aromatic carbocycles. The molecule has 2 heterocycles. The van der Waals surface area contributed by atoms with Crippen LogP contribution in [0.5, 0.6) is 0 Å². The Kier molecular flexibility index (Phi) is 2.90. The molecule has 3 rings (SSSR count). The predicted octanol–water partition coefficient (Wildman–Crippen LogP) is 3.02. The van der Waals surface area contributed by atoms with Gasteiger partial charge in [-0.1, -0.05) is 0 Å². The molecule has 84 valence electrons. The molecule has 2 nitrogen and oxygen atoms in total. The minimum atomic E-state index is 1.17. The fourth-order valence-corrected chi connectivity index (χ4v) is 2.73. The van der Waals surface area contributed by atoms with Crippen molar-refractivity contribution in [3.8, 4) is 0 Å². The van der Waals surface area contributed by atoms with Gasteiger partial charge in [-0.25, -0.2) is 0 Å². The van der Waals surface area contributed by atoms with Crippen molar-refractivity contribution in [2.75, 3.05) is 19.6 Å². The normalized spacial score (nSPS) is 16.6. The number of halogens is 1. The lowest BCUT2D eigenvalue weighted by Crippen LogP contribution is -2.38. The summed E-state index contributed by atoms with van der Waals surface area (Å²) in [4.78, 5) is 5.87. The second-order valence-electron chi connectivity index (χ2n) is 4.45. The molecule has 2 aromatic rings. The number of nitrogens with zero attached hydrogens (tertiary/aromatic N) is 1. The average molecular weight is 326 g/mol. The highest BCUT2D eigenvalue weighted by molar-refractivity contribution is 14.1. The molecule has 0 unspecified atom stereocenters. The fraction of sp³-hybridized carbons (Fsp3) is 0.385. The molecule has 1 aliphatic rings. The molecular formula is C13H15IN2. The molecule has 1 saturated heterocycles. The number of benzene rings is 1. The quantitative estimate of drug-likeness (QED) is 0.859. The van der Waals surface area contributed by atoms with Gasteiger partial charge in [-0.3, -0.25) is 0 Å². The monoisotopic (exact) mass is 326 g/mol. The van der Waals surface area contributed by atoms with Crippen LogP contribution in [0.25, 0.3) is 10.9 Å². The molecule has 1 aromatic heterocycles. The van der Waals surface area contributed by atoms with Gasteiger partial charge in [0.25, 0.3) is 0 Å². The summed E-state index contributed by atoms with van der Waals surface area (Å²) in [6.45, 7) is 3.79. The summed E-state index contributed by atoms with van der Waals surface area (Å²) in [5.74, 6) is 0. The zero-order valence-electron chi connectivity index (χ0n) is 9.17. The molecule has 0 radical (unpaired) electrons. The highest BCUT2D eigenvalue weighted by atomic mass is 127. The SMILES string of the molecule is Ic1ccc2[nH]cc(CCN3CCC3)c2c1. The average Bonchev–Trinajstić information content (AvgIpc) is 2.59. The van der Waals surface area contributed by atoms with E-state index in [0.717, 1.165) is 0 Å². The van der Waals surface area contributed by atoms with E-state index in [1.54, 1.807) is 0 Å². The maximum absolute atomic E-state index is 3.35. The van der Waals surface area contributed by atoms with Crippen LogP contribution >= 0.6 is 22.6 Å². The highest BCUT2D eigenvalue weighted by Gasteiger charge is 2.13. The Bertz CT molecular complexity index is 500. The lowest BCUT2D eigenvalue weighted by atomic mass is 10.1. The lowest BCUT2D eigenvalue weighted by Gasteiger charge is -2.30. The maximum atomic E-state index is 3.35. The van der Waals surface area contributed by atoms with Crippen LogP contribution in [-0.2, 0) is 6.42 Å². The number of H-pyrrole nitrogens is 1. The molecule has 1 aliphatic heterocycles. The Morgan fingerprint density at radius 1 is 1.31 bits per heavy atom. The number of aromatic amines is 1. The van der Waals surface area contributed by atoms with Gasteiger partial charge in [0.05, 0.1) is 0 Å². The van der Waals surface area contributed by atoms with Crippen LogP contribution in [0, 0.1) is 3.57 Å². The third-order valence-electron chi connectivity index (χ3n) is 3.38. The van der Waals surface area contributed by atoms with Gasteiger partial charge in [0.15, 0.2) is 0 Å². The third kappa shape index (κ3) is 1.98. The minimum Gasteiger partial charge on any atom is -0.361 e. The Balaban J connectivity index is 1.82. The van der Waals surface area contributed by atoms with Gasteiger partial charge >= 0.3 is 0 Å². The molecule has 16 heavy (non-hydrogen) atoms. The second kappa shape index (κ2) is 4.37. The number of hydrogen-bond acceptors (Lipinski definition) is 1. The van der Waals surface area contributed by atoms with Crippen molar-refractivity contribution >= 4 is 33.5 Å². The second-order valence-corrected chi connectivity index (χ2v) is 5.69. The van der Waals surface area contributed by atoms with E-state index >= 15 is 0 Å². The Morgan fingerprint density at radius 2 is 2.19 bits per heavy atom. The first kappa shape index (κ1) is 10.6. The molecule has 0 bridgehead atoms. The molecule has 3 heteroatoms. The topological polar surface area (TPSA) is 19.0 Å². The van der Waals surface area contributed by atoms with E-state index in [4.69, 9.17) is 0 Å². The van der Waals surface area contributed by atoms with Crippen LogP contribution in [-0.4, -0.2) is 29.5 Å². The van der Waals surface area contributed by atoms with Crippen LogP contribution in [0.2, 0.25) is 0 Å². The van der Waals surface area contributed by atoms with Crippen molar-refractivity contribution in [3.05, 3.63) is 33.5 Å². The van der Waals surface area contributed by atoms with Gasteiger partial charge in [-0.15, -0.1) is 0 Å². The standard InChI is InChI=1S/C13H15IN2/c14-11-2-3-13-12(8-11)10(9-15-13)4-7-16-5-1-6-16/h2-3,8-9,15H,1,4-7H2. The van der Waals surface area contributed by atoms with E-state index in [0.29, 0.717) is 0 Å². The minimum absolute atomic E-state index is 1.17. The van der Waals surface area contributed by atoms with E-state index in [-0.39, 0.29) is 0 Å². The Morgan fingerprint density at radius 3 is 2.94 bits per heavy atom. The molecule has 0 aliphatic carbocycles. The molecule has 1 N–H and O–H groups in total. The smallest absolute Gasteiger partial charge is 0.0457 e. The van der Waals surface area contributed by atoms with E-state index in [1.165, 1.54) is 52.5 Å². The molecular weight excluding hydrogens is 311 g/mol. The van der Waals surface area contributed by atoms with Crippen LogP contribution in [0.1, 0.15) is 12.0 Å². The predicted molar refractivity (Wildman–Crippen MR) is 75.8 cm³/mol. The number of rotatable bonds is 3. The van der Waals surface area contributed by atoms with Crippen molar-refractivity contribution in [1.82, 2.24) is 9.88 Å². The van der Waals surface area contributed by atoms with Crippen molar-refractivity contribution in [3.63, 3.8) is 0 Å². The molecule has 0 amide bonds. The maximum Gasteiger partial charge on any atom is 0.0457 e. The highest BCUT2D eigenvalue weighted by Crippen LogP contribution is 2.21. The number of fused-ring (bicyclic) bond motifs is 1. The number of likely N-dealkylation sites (tertiary alicyclic amines) is 1. The van der Waals surface area contributed by atoms with Crippen LogP contribution in [0.4, 0.5) is 0 Å². The summed E-state index contributed by atoms with van der Waals surface area (Å²) in [6.07, 6.45) is 4.71. The first-order valence-corrected chi connectivity index (χ1v) is 6.89. The van der Waals surface area contributed by atoms with Gasteiger partial charge in [-0.2, -0.15) is 0 Å². The van der Waals surface area contributed by atoms with E-state index < -0.39 is 0 Å². The Hall–Kier alpha value is -0.550. The zero-order chi connectivity index (χ0) is 11.0. The summed E-state index contributed by atoms with van der Waals surface area (Å²) in [5.41, 5.74) is 2.72. The van der Waals surface area contributed by atoms with Gasteiger partial charge in [0, 0.05) is 27.2 Å². The molecule has 0 saturated carbocycles. The molecule has 1 fully saturated rings. The fourth-order valence-electron chi connectivity index (χ4n) is 2.24. The lowest BCUT2D eigenvalue weighted by molar-refractivity contribution is 0.184. The number of hydrogen-bond donors (Lipinski definition) is 1. The molecule has 0 atom stereocenters. The third-order valence-corrected chi connectivity index (χ3v) is 4.05. The van der Waals surface area contributed by atoms with E-state index in [9.17, 15) is 0 Å². The summed E-state index contributed by atoms with van der Waals surface area (Å²) in [5, 5.41) is 1.40. The van der Waals surface area contributed by atoms with E-state index in [1.807, 2.05) is 0 Å². The van der Waals surface area contributed by atoms with Gasteiger partial charge in [-0.05, 0) is 72.3 Å². The Labute approximate surface area is 109 Å². The number of aromatic nitrogens is 1. The zero-order valence-corrected chi connectivity index (χ0v) is 11.3. The van der Waals surface area contributed by atoms with E-state index in [2.05, 4.69) is 56.9 Å². The summed E-state index contributed by atoms with van der Waals surface area (Å²) in [7, 11) is 0.